The van der Waals surface area contributed by atoms with Crippen LogP contribution in [0.25, 0.3) is 5.65 Å². The minimum Gasteiger partial charge on any atom is -0.392 e. The van der Waals surface area contributed by atoms with Gasteiger partial charge in [-0.3, -0.25) is 14.0 Å². The molecule has 0 aliphatic rings. The second-order valence-corrected chi connectivity index (χ2v) is 5.52. The number of fused-ring (bicyclic) bond motifs is 1. The molecule has 0 unspecified atom stereocenters. The standard InChI is InChI=1S/C18H17N3O3/c1-12-6-7-21-16(8-12)19-10-15(18(21)24)17(23)20-9-13-4-2-3-5-14(13)11-22/h2-8,10,22H,9,11H2,1H3,(H,20,23). The van der Waals surface area contributed by atoms with Gasteiger partial charge in [0.25, 0.3) is 11.5 Å². The Hall–Kier alpha value is -2.99. The predicted molar refractivity (Wildman–Crippen MR) is 89.7 cm³/mol. The number of hydrogen-bond donors (Lipinski definition) is 2. The Kier molecular flexibility index (Phi) is 4.39. The number of aryl methyl sites for hydroxylation is 1. The quantitative estimate of drug-likeness (QED) is 0.761. The summed E-state index contributed by atoms with van der Waals surface area (Å²) >= 11 is 0. The second kappa shape index (κ2) is 6.64. The lowest BCUT2D eigenvalue weighted by Crippen LogP contribution is -2.31. The SMILES string of the molecule is Cc1ccn2c(=O)c(C(=O)NCc3ccccc3CO)cnc2c1. The summed E-state index contributed by atoms with van der Waals surface area (Å²) in [4.78, 5) is 28.9. The third-order valence-corrected chi connectivity index (χ3v) is 3.84. The van der Waals surface area contributed by atoms with Crippen LogP contribution < -0.4 is 10.9 Å². The molecule has 1 amide bonds. The number of rotatable bonds is 4. The monoisotopic (exact) mass is 323 g/mol. The molecule has 6 heteroatoms. The highest BCUT2D eigenvalue weighted by molar-refractivity contribution is 5.93. The van der Waals surface area contributed by atoms with Crippen molar-refractivity contribution in [2.75, 3.05) is 0 Å². The second-order valence-electron chi connectivity index (χ2n) is 5.52. The van der Waals surface area contributed by atoms with Gasteiger partial charge < -0.3 is 10.4 Å². The number of nitrogens with one attached hydrogen (secondary N) is 1. The molecule has 3 aromatic rings. The van der Waals surface area contributed by atoms with Gasteiger partial charge in [0.05, 0.1) is 6.61 Å². The van der Waals surface area contributed by atoms with Gasteiger partial charge in [-0.25, -0.2) is 4.98 Å². The van der Waals surface area contributed by atoms with Crippen LogP contribution in [0.3, 0.4) is 0 Å². The highest BCUT2D eigenvalue weighted by atomic mass is 16.3. The van der Waals surface area contributed by atoms with Crippen LogP contribution in [0.1, 0.15) is 27.0 Å². The van der Waals surface area contributed by atoms with Gasteiger partial charge in [-0.2, -0.15) is 0 Å². The molecule has 0 saturated carbocycles. The average molecular weight is 323 g/mol. The van der Waals surface area contributed by atoms with Crippen molar-refractivity contribution in [1.29, 1.82) is 0 Å². The number of amides is 1. The fourth-order valence-corrected chi connectivity index (χ4v) is 2.49. The number of pyridine rings is 1. The molecule has 0 fully saturated rings. The lowest BCUT2D eigenvalue weighted by molar-refractivity contribution is 0.0948. The molecular weight excluding hydrogens is 306 g/mol. The number of nitrogens with zero attached hydrogens (tertiary/aromatic N) is 2. The third-order valence-electron chi connectivity index (χ3n) is 3.84. The maximum absolute atomic E-state index is 12.4. The first kappa shape index (κ1) is 15.9. The van der Waals surface area contributed by atoms with Crippen LogP contribution >= 0.6 is 0 Å². The summed E-state index contributed by atoms with van der Waals surface area (Å²) in [5, 5.41) is 12.0. The van der Waals surface area contributed by atoms with Crippen molar-refractivity contribution in [3.8, 4) is 0 Å². The first-order valence-electron chi connectivity index (χ1n) is 7.54. The zero-order valence-electron chi connectivity index (χ0n) is 13.2. The molecule has 2 aromatic heterocycles. The van der Waals surface area contributed by atoms with E-state index in [1.54, 1.807) is 24.4 Å². The molecule has 0 aliphatic carbocycles. The molecular formula is C18H17N3O3. The van der Waals surface area contributed by atoms with Crippen LogP contribution in [0, 0.1) is 6.92 Å². The Bertz CT molecular complexity index is 963. The molecule has 0 saturated heterocycles. The van der Waals surface area contributed by atoms with Crippen molar-refractivity contribution in [3.63, 3.8) is 0 Å². The van der Waals surface area contributed by atoms with Crippen LogP contribution in [0.4, 0.5) is 0 Å². The molecule has 3 rings (SSSR count). The van der Waals surface area contributed by atoms with E-state index in [0.717, 1.165) is 16.7 Å². The fraction of sp³-hybridized carbons (Fsp3) is 0.167. The minimum atomic E-state index is -0.491. The number of benzene rings is 1. The van der Waals surface area contributed by atoms with E-state index in [0.29, 0.717) is 5.65 Å². The van der Waals surface area contributed by atoms with Gasteiger partial charge in [0.2, 0.25) is 0 Å². The highest BCUT2D eigenvalue weighted by Crippen LogP contribution is 2.08. The van der Waals surface area contributed by atoms with E-state index in [9.17, 15) is 14.7 Å². The number of aromatic nitrogens is 2. The number of aliphatic hydroxyl groups is 1. The smallest absolute Gasteiger partial charge is 0.270 e. The van der Waals surface area contributed by atoms with E-state index >= 15 is 0 Å². The van der Waals surface area contributed by atoms with Gasteiger partial charge in [0.1, 0.15) is 11.2 Å². The first-order chi connectivity index (χ1) is 11.6. The zero-order valence-corrected chi connectivity index (χ0v) is 13.2. The third kappa shape index (κ3) is 3.04. The Morgan fingerprint density at radius 1 is 1.25 bits per heavy atom. The molecule has 0 atom stereocenters. The molecule has 2 heterocycles. The lowest BCUT2D eigenvalue weighted by Gasteiger charge is -2.09. The Balaban J connectivity index is 1.85. The summed E-state index contributed by atoms with van der Waals surface area (Å²) in [5.41, 5.74) is 2.60. The molecule has 6 nitrogen and oxygen atoms in total. The molecule has 1 aromatic carbocycles. The summed E-state index contributed by atoms with van der Waals surface area (Å²) in [6.07, 6.45) is 2.90. The maximum atomic E-state index is 12.4. The van der Waals surface area contributed by atoms with Crippen molar-refractivity contribution in [3.05, 3.63) is 81.4 Å². The Morgan fingerprint density at radius 2 is 2.00 bits per heavy atom. The number of carbonyl (C=O) groups is 1. The maximum Gasteiger partial charge on any atom is 0.270 e. The van der Waals surface area contributed by atoms with Crippen LogP contribution in [-0.4, -0.2) is 20.4 Å². The Labute approximate surface area is 138 Å². The van der Waals surface area contributed by atoms with E-state index in [1.165, 1.54) is 10.6 Å². The van der Waals surface area contributed by atoms with E-state index in [2.05, 4.69) is 10.3 Å². The molecule has 0 spiro atoms. The van der Waals surface area contributed by atoms with Crippen LogP contribution in [0.2, 0.25) is 0 Å². The van der Waals surface area contributed by atoms with Gasteiger partial charge in [-0.15, -0.1) is 0 Å². The normalized spacial score (nSPS) is 10.8. The molecule has 0 aliphatic heterocycles. The highest BCUT2D eigenvalue weighted by Gasteiger charge is 2.13. The summed E-state index contributed by atoms with van der Waals surface area (Å²) < 4.78 is 1.35. The Morgan fingerprint density at radius 3 is 2.75 bits per heavy atom. The predicted octanol–water partition coefficient (Wildman–Crippen LogP) is 1.43. The van der Waals surface area contributed by atoms with Gasteiger partial charge in [0.15, 0.2) is 0 Å². The fourth-order valence-electron chi connectivity index (χ4n) is 2.49. The molecule has 24 heavy (non-hydrogen) atoms. The molecule has 0 radical (unpaired) electrons. The number of aliphatic hydroxyl groups excluding tert-OH is 1. The average Bonchev–Trinajstić information content (AvgIpc) is 2.60. The van der Waals surface area contributed by atoms with Crippen molar-refractivity contribution >= 4 is 11.6 Å². The lowest BCUT2D eigenvalue weighted by atomic mass is 10.1. The minimum absolute atomic E-state index is 0.0159. The zero-order chi connectivity index (χ0) is 17.1. The number of hydrogen-bond acceptors (Lipinski definition) is 4. The largest absolute Gasteiger partial charge is 0.392 e. The van der Waals surface area contributed by atoms with Crippen molar-refractivity contribution in [2.24, 2.45) is 0 Å². The molecule has 122 valence electrons. The molecule has 2 N–H and O–H groups in total. The van der Waals surface area contributed by atoms with Crippen molar-refractivity contribution in [2.45, 2.75) is 20.1 Å². The van der Waals surface area contributed by atoms with E-state index < -0.39 is 11.5 Å². The van der Waals surface area contributed by atoms with Gasteiger partial charge in [0, 0.05) is 18.9 Å². The summed E-state index contributed by atoms with van der Waals surface area (Å²) in [7, 11) is 0. The van der Waals surface area contributed by atoms with Gasteiger partial charge in [-0.1, -0.05) is 24.3 Å². The van der Waals surface area contributed by atoms with Crippen LogP contribution in [-0.2, 0) is 13.2 Å². The number of carbonyl (C=O) groups excluding carboxylic acids is 1. The summed E-state index contributed by atoms with van der Waals surface area (Å²) in [6, 6.07) is 10.8. The van der Waals surface area contributed by atoms with Crippen LogP contribution in [0.5, 0.6) is 0 Å². The van der Waals surface area contributed by atoms with Gasteiger partial charge >= 0.3 is 0 Å². The van der Waals surface area contributed by atoms with E-state index in [1.807, 2.05) is 25.1 Å². The topological polar surface area (TPSA) is 83.7 Å². The van der Waals surface area contributed by atoms with E-state index in [4.69, 9.17) is 0 Å². The summed E-state index contributed by atoms with van der Waals surface area (Å²) in [6.45, 7) is 2.03. The van der Waals surface area contributed by atoms with Gasteiger partial charge in [-0.05, 0) is 35.7 Å². The van der Waals surface area contributed by atoms with Crippen molar-refractivity contribution < 1.29 is 9.90 Å². The summed E-state index contributed by atoms with van der Waals surface area (Å²) in [5.74, 6) is -0.491. The van der Waals surface area contributed by atoms with E-state index in [-0.39, 0.29) is 18.7 Å². The molecule has 0 bridgehead atoms. The first-order valence-corrected chi connectivity index (χ1v) is 7.54. The van der Waals surface area contributed by atoms with Crippen molar-refractivity contribution in [1.82, 2.24) is 14.7 Å². The van der Waals surface area contributed by atoms with Crippen LogP contribution in [0.15, 0.2) is 53.6 Å².